The number of fused-ring (bicyclic) bond motifs is 3. The molecule has 2 atom stereocenters. The van der Waals surface area contributed by atoms with Crippen molar-refractivity contribution in [3.8, 4) is 5.75 Å². The van der Waals surface area contributed by atoms with Crippen LogP contribution in [0.2, 0.25) is 5.02 Å². The molecule has 0 spiro atoms. The van der Waals surface area contributed by atoms with Crippen LogP contribution in [0.25, 0.3) is 0 Å². The predicted molar refractivity (Wildman–Crippen MR) is 93.1 cm³/mol. The molecule has 0 radical (unpaired) electrons. The topological polar surface area (TPSA) is 52.6 Å². The minimum absolute atomic E-state index is 0.194. The summed E-state index contributed by atoms with van der Waals surface area (Å²) >= 11 is 6.09. The van der Waals surface area contributed by atoms with Gasteiger partial charge in [-0.15, -0.1) is 0 Å². The van der Waals surface area contributed by atoms with Gasteiger partial charge in [0.25, 0.3) is 5.60 Å². The molecule has 128 valence electrons. The first-order chi connectivity index (χ1) is 12.1. The van der Waals surface area contributed by atoms with E-state index < -0.39 is 11.6 Å². The highest BCUT2D eigenvalue weighted by atomic mass is 35.5. The minimum atomic E-state index is -1.62. The van der Waals surface area contributed by atoms with Crippen LogP contribution >= 0.6 is 11.6 Å². The number of ether oxygens (including phenoxy) is 2. The molecule has 0 aromatic heterocycles. The zero-order chi connectivity index (χ0) is 17.6. The molecule has 0 N–H and O–H groups in total. The lowest BCUT2D eigenvalue weighted by atomic mass is 9.67. The van der Waals surface area contributed by atoms with Crippen LogP contribution in [0.1, 0.15) is 28.4 Å². The molecule has 4 rings (SSSR count). The van der Waals surface area contributed by atoms with Crippen LogP contribution in [-0.4, -0.2) is 24.0 Å². The van der Waals surface area contributed by atoms with Crippen molar-refractivity contribution < 1.29 is 19.1 Å². The predicted octanol–water partition coefficient (Wildman–Crippen LogP) is 3.63. The van der Waals surface area contributed by atoms with Crippen molar-refractivity contribution in [3.63, 3.8) is 0 Å². The van der Waals surface area contributed by atoms with Crippen molar-refractivity contribution in [2.24, 2.45) is 5.92 Å². The van der Waals surface area contributed by atoms with Crippen LogP contribution in [0.4, 0.5) is 0 Å². The normalized spacial score (nSPS) is 23.8. The third kappa shape index (κ3) is 2.35. The fraction of sp³-hybridized carbons (Fsp3) is 0.300. The van der Waals surface area contributed by atoms with E-state index in [0.29, 0.717) is 29.2 Å². The second-order valence-electron chi connectivity index (χ2n) is 6.40. The number of hydrogen-bond acceptors (Lipinski definition) is 4. The summed E-state index contributed by atoms with van der Waals surface area (Å²) in [6.45, 7) is 1.92. The van der Waals surface area contributed by atoms with Gasteiger partial charge in [-0.3, -0.25) is 4.79 Å². The molecule has 2 aliphatic rings. The van der Waals surface area contributed by atoms with Crippen LogP contribution in [0, 0.1) is 5.92 Å². The number of hydrogen-bond donors (Lipinski definition) is 0. The first kappa shape index (κ1) is 16.2. The molecule has 0 unspecified atom stereocenters. The summed E-state index contributed by atoms with van der Waals surface area (Å²) in [4.78, 5) is 26.2. The van der Waals surface area contributed by atoms with Crippen molar-refractivity contribution in [2.75, 3.05) is 6.61 Å². The fourth-order valence-electron chi connectivity index (χ4n) is 3.85. The number of benzene rings is 2. The average molecular weight is 357 g/mol. The number of carbonyl (C=O) groups is 2. The number of ketones is 1. The van der Waals surface area contributed by atoms with Gasteiger partial charge in [0.1, 0.15) is 5.75 Å². The first-order valence-electron chi connectivity index (χ1n) is 8.33. The van der Waals surface area contributed by atoms with Crippen LogP contribution in [0.5, 0.6) is 5.75 Å². The highest BCUT2D eigenvalue weighted by Crippen LogP contribution is 2.45. The third-order valence-corrected chi connectivity index (χ3v) is 5.21. The lowest BCUT2D eigenvalue weighted by Gasteiger charge is -2.44. The maximum atomic E-state index is 13.3. The summed E-state index contributed by atoms with van der Waals surface area (Å²) in [6, 6.07) is 12.6. The molecular weight excluding hydrogens is 340 g/mol. The Hall–Kier alpha value is -2.33. The van der Waals surface area contributed by atoms with Gasteiger partial charge in [0, 0.05) is 16.5 Å². The summed E-state index contributed by atoms with van der Waals surface area (Å²) in [5, 5.41) is 0.605. The Morgan fingerprint density at radius 1 is 1.24 bits per heavy atom. The number of carbonyl (C=O) groups excluding carboxylic acids is 2. The van der Waals surface area contributed by atoms with Gasteiger partial charge in [0.05, 0.1) is 6.61 Å². The Labute approximate surface area is 150 Å². The van der Waals surface area contributed by atoms with Gasteiger partial charge in [0.15, 0.2) is 0 Å². The molecule has 2 aromatic rings. The third-order valence-electron chi connectivity index (χ3n) is 4.98. The van der Waals surface area contributed by atoms with Crippen molar-refractivity contribution in [1.82, 2.24) is 0 Å². The summed E-state index contributed by atoms with van der Waals surface area (Å²) in [7, 11) is 0. The van der Waals surface area contributed by atoms with Crippen LogP contribution in [0.3, 0.4) is 0 Å². The van der Waals surface area contributed by atoms with Gasteiger partial charge in [-0.1, -0.05) is 35.9 Å². The van der Waals surface area contributed by atoms with Crippen molar-refractivity contribution in [3.05, 3.63) is 64.2 Å². The summed E-state index contributed by atoms with van der Waals surface area (Å²) in [6.07, 6.45) is 1.11. The number of Topliss-reactive ketones (excluding diaryl/α,β-unsaturated/α-hetero) is 1. The van der Waals surface area contributed by atoms with E-state index >= 15 is 0 Å². The molecule has 1 aliphatic carbocycles. The largest absolute Gasteiger partial charge is 0.467 e. The monoisotopic (exact) mass is 356 g/mol. The second-order valence-corrected chi connectivity index (χ2v) is 6.84. The molecule has 0 bridgehead atoms. The Morgan fingerprint density at radius 2 is 2.00 bits per heavy atom. The average Bonchev–Trinajstić information content (AvgIpc) is 2.61. The summed E-state index contributed by atoms with van der Waals surface area (Å²) in [5.74, 6) is -0.736. The standard InChI is InChI=1S/C20H17ClO4/c1-2-24-19(23)20-14(9-12-5-3-4-6-16(12)18(20)22)10-13-11-15(21)7-8-17(13)25-20/h3-8,11,14H,2,9-10H2,1H3/t14-,20+/m0/s1. The Bertz CT molecular complexity index is 876. The van der Waals surface area contributed by atoms with E-state index in [9.17, 15) is 9.59 Å². The number of esters is 1. The lowest BCUT2D eigenvalue weighted by molar-refractivity contribution is -0.163. The summed E-state index contributed by atoms with van der Waals surface area (Å²) in [5.41, 5.74) is 0.755. The van der Waals surface area contributed by atoms with Crippen molar-refractivity contribution >= 4 is 23.4 Å². The highest BCUT2D eigenvalue weighted by Gasteiger charge is 2.60. The SMILES string of the molecule is CCOC(=O)[C@@]12Oc3ccc(Cl)cc3C[C@@H]1Cc1ccccc1C2=O. The van der Waals surface area contributed by atoms with E-state index in [-0.39, 0.29) is 18.3 Å². The smallest absolute Gasteiger partial charge is 0.359 e. The van der Waals surface area contributed by atoms with Gasteiger partial charge in [-0.05, 0) is 49.1 Å². The van der Waals surface area contributed by atoms with Gasteiger partial charge < -0.3 is 9.47 Å². The molecule has 4 nitrogen and oxygen atoms in total. The van der Waals surface area contributed by atoms with Crippen LogP contribution in [0.15, 0.2) is 42.5 Å². The fourth-order valence-corrected chi connectivity index (χ4v) is 4.04. The van der Waals surface area contributed by atoms with E-state index in [1.807, 2.05) is 18.2 Å². The number of halogens is 1. The molecule has 25 heavy (non-hydrogen) atoms. The molecule has 1 aliphatic heterocycles. The zero-order valence-electron chi connectivity index (χ0n) is 13.8. The van der Waals surface area contributed by atoms with Gasteiger partial charge >= 0.3 is 5.97 Å². The first-order valence-corrected chi connectivity index (χ1v) is 8.71. The maximum absolute atomic E-state index is 13.3. The quantitative estimate of drug-likeness (QED) is 0.609. The molecule has 0 saturated heterocycles. The Kier molecular flexibility index (Phi) is 3.80. The van der Waals surface area contributed by atoms with E-state index in [2.05, 4.69) is 0 Å². The Morgan fingerprint density at radius 3 is 2.80 bits per heavy atom. The van der Waals surface area contributed by atoms with E-state index in [4.69, 9.17) is 21.1 Å². The molecule has 0 saturated carbocycles. The van der Waals surface area contributed by atoms with E-state index in [0.717, 1.165) is 11.1 Å². The van der Waals surface area contributed by atoms with Gasteiger partial charge in [-0.25, -0.2) is 4.79 Å². The lowest BCUT2D eigenvalue weighted by Crippen LogP contribution is -2.62. The molecule has 2 aromatic carbocycles. The zero-order valence-corrected chi connectivity index (χ0v) is 14.5. The minimum Gasteiger partial charge on any atom is -0.467 e. The molecule has 5 heteroatoms. The molecule has 1 heterocycles. The summed E-state index contributed by atoms with van der Waals surface area (Å²) < 4.78 is 11.3. The van der Waals surface area contributed by atoms with Crippen molar-refractivity contribution in [2.45, 2.75) is 25.4 Å². The van der Waals surface area contributed by atoms with Crippen molar-refractivity contribution in [1.29, 1.82) is 0 Å². The van der Waals surface area contributed by atoms with Crippen LogP contribution in [-0.2, 0) is 22.4 Å². The second kappa shape index (κ2) is 5.88. The maximum Gasteiger partial charge on any atom is 0.359 e. The van der Waals surface area contributed by atoms with Crippen LogP contribution < -0.4 is 4.74 Å². The highest BCUT2D eigenvalue weighted by molar-refractivity contribution is 6.30. The van der Waals surface area contributed by atoms with E-state index in [1.165, 1.54) is 0 Å². The number of rotatable bonds is 2. The van der Waals surface area contributed by atoms with Gasteiger partial charge in [-0.2, -0.15) is 0 Å². The molecule has 0 fully saturated rings. The Balaban J connectivity index is 1.88. The van der Waals surface area contributed by atoms with Gasteiger partial charge in [0.2, 0.25) is 5.78 Å². The van der Waals surface area contributed by atoms with E-state index in [1.54, 1.807) is 31.2 Å². The molecule has 0 amide bonds. The molecular formula is C20H17ClO4.